The van der Waals surface area contributed by atoms with Crippen molar-refractivity contribution in [2.75, 3.05) is 0 Å². The van der Waals surface area contributed by atoms with Crippen LogP contribution in [0.15, 0.2) is 40.5 Å². The maximum atomic E-state index is 12.1. The van der Waals surface area contributed by atoms with E-state index >= 15 is 0 Å². The predicted molar refractivity (Wildman–Crippen MR) is 98.0 cm³/mol. The summed E-state index contributed by atoms with van der Waals surface area (Å²) in [5.41, 5.74) is 3.32. The maximum Gasteiger partial charge on any atom is 0.276 e. The van der Waals surface area contributed by atoms with Crippen molar-refractivity contribution in [3.05, 3.63) is 51.7 Å². The Morgan fingerprint density at radius 2 is 2.28 bits per heavy atom. The van der Waals surface area contributed by atoms with Crippen molar-refractivity contribution in [3.8, 4) is 0 Å². The molecular formula is C17H16N6OS. The second-order valence-corrected chi connectivity index (χ2v) is 6.71. The first-order chi connectivity index (χ1) is 12.1. The molecule has 4 rings (SSSR count). The van der Waals surface area contributed by atoms with Crippen molar-refractivity contribution in [2.24, 2.45) is 12.0 Å². The molecule has 7 nitrogen and oxygen atoms in total. The topological polar surface area (TPSA) is 84.2 Å². The summed E-state index contributed by atoms with van der Waals surface area (Å²) < 4.78 is 1.81. The Morgan fingerprint density at radius 1 is 1.40 bits per heavy atom. The quantitative estimate of drug-likeness (QED) is 0.706. The summed E-state index contributed by atoms with van der Waals surface area (Å²) in [6, 6.07) is 5.92. The Morgan fingerprint density at radius 3 is 3.08 bits per heavy atom. The Hall–Kier alpha value is -3.00. The third kappa shape index (κ3) is 3.16. The molecule has 1 aliphatic rings. The highest BCUT2D eigenvalue weighted by Gasteiger charge is 2.20. The summed E-state index contributed by atoms with van der Waals surface area (Å²) in [6.45, 7) is 2.49. The van der Waals surface area contributed by atoms with Gasteiger partial charge in [0.2, 0.25) is 5.96 Å². The van der Waals surface area contributed by atoms with E-state index in [9.17, 15) is 4.79 Å². The average Bonchev–Trinajstić information content (AvgIpc) is 3.26. The molecule has 1 aliphatic heterocycles. The molecule has 8 heteroatoms. The number of thiazole rings is 1. The van der Waals surface area contributed by atoms with E-state index in [-0.39, 0.29) is 5.91 Å². The number of hydrogen-bond donors (Lipinski definition) is 2. The summed E-state index contributed by atoms with van der Waals surface area (Å²) >= 11 is 1.58. The highest BCUT2D eigenvalue weighted by Crippen LogP contribution is 2.18. The predicted octanol–water partition coefficient (Wildman–Crippen LogP) is 1.95. The summed E-state index contributed by atoms with van der Waals surface area (Å²) in [6.07, 6.45) is 3.57. The zero-order chi connectivity index (χ0) is 17.4. The smallest absolute Gasteiger partial charge is 0.276 e. The number of guanidine groups is 1. The number of amides is 1. The molecule has 1 amide bonds. The number of nitrogens with one attached hydrogen (secondary N) is 2. The zero-order valence-electron chi connectivity index (χ0n) is 13.8. The number of rotatable bonds is 3. The highest BCUT2D eigenvalue weighted by molar-refractivity contribution is 7.09. The van der Waals surface area contributed by atoms with Crippen LogP contribution in [0.25, 0.3) is 17.0 Å². The van der Waals surface area contributed by atoms with Crippen LogP contribution in [-0.4, -0.2) is 26.6 Å². The fourth-order valence-corrected chi connectivity index (χ4v) is 3.34. The molecule has 3 aromatic rings. The monoisotopic (exact) mass is 352 g/mol. The number of aryl methyl sites for hydroxylation is 2. The van der Waals surface area contributed by atoms with Gasteiger partial charge in [0.15, 0.2) is 0 Å². The van der Waals surface area contributed by atoms with Gasteiger partial charge in [0, 0.05) is 23.5 Å². The third-order valence-corrected chi connectivity index (χ3v) is 4.81. The molecule has 2 N–H and O–H groups in total. The lowest BCUT2D eigenvalue weighted by atomic mass is 10.1. The van der Waals surface area contributed by atoms with Crippen LogP contribution in [0.4, 0.5) is 0 Å². The SMILES string of the molecule is Cc1csc(CNC2=N/C(=C\c3ccc4c(cnn4C)c3)C(=O)N2)n1. The molecule has 3 heterocycles. The van der Waals surface area contributed by atoms with E-state index in [4.69, 9.17) is 0 Å². The molecule has 0 atom stereocenters. The van der Waals surface area contributed by atoms with Gasteiger partial charge in [-0.25, -0.2) is 9.98 Å². The Balaban J connectivity index is 1.52. The van der Waals surface area contributed by atoms with Gasteiger partial charge in [-0.3, -0.25) is 14.8 Å². The minimum atomic E-state index is -0.218. The summed E-state index contributed by atoms with van der Waals surface area (Å²) in [5, 5.41) is 14.0. The van der Waals surface area contributed by atoms with Crippen molar-refractivity contribution in [1.29, 1.82) is 0 Å². The van der Waals surface area contributed by atoms with Crippen LogP contribution in [0.3, 0.4) is 0 Å². The van der Waals surface area contributed by atoms with E-state index in [0.717, 1.165) is 27.2 Å². The lowest BCUT2D eigenvalue weighted by Gasteiger charge is -2.01. The standard InChI is InChI=1S/C17H16N6OS/c1-10-9-25-15(20-10)8-18-17-21-13(16(24)22-17)6-11-3-4-14-12(5-11)7-19-23(14)2/h3-7,9H,8H2,1-2H3,(H2,18,21,22,24)/b13-6-. The minimum absolute atomic E-state index is 0.218. The van der Waals surface area contributed by atoms with Crippen LogP contribution in [0.2, 0.25) is 0 Å². The molecule has 0 bridgehead atoms. The van der Waals surface area contributed by atoms with E-state index in [0.29, 0.717) is 18.2 Å². The number of hydrogen-bond acceptors (Lipinski definition) is 6. The van der Waals surface area contributed by atoms with Gasteiger partial charge >= 0.3 is 0 Å². The Bertz CT molecular complexity index is 1030. The fourth-order valence-electron chi connectivity index (χ4n) is 2.63. The number of nitrogens with zero attached hydrogens (tertiary/aromatic N) is 4. The number of carbonyl (C=O) groups excluding carboxylic acids is 1. The molecule has 0 saturated heterocycles. The first kappa shape index (κ1) is 15.5. The fraction of sp³-hybridized carbons (Fsp3) is 0.176. The van der Waals surface area contributed by atoms with Gasteiger partial charge in [-0.1, -0.05) is 6.07 Å². The molecule has 0 aliphatic carbocycles. The number of aliphatic imine (C=N–C) groups is 1. The van der Waals surface area contributed by atoms with Crippen molar-refractivity contribution in [3.63, 3.8) is 0 Å². The average molecular weight is 352 g/mol. The van der Waals surface area contributed by atoms with Crippen molar-refractivity contribution < 1.29 is 4.79 Å². The minimum Gasteiger partial charge on any atom is -0.349 e. The molecule has 0 radical (unpaired) electrons. The van der Waals surface area contributed by atoms with Crippen LogP contribution < -0.4 is 10.6 Å². The van der Waals surface area contributed by atoms with Gasteiger partial charge in [-0.05, 0) is 30.7 Å². The summed E-state index contributed by atoms with van der Waals surface area (Å²) in [4.78, 5) is 20.8. The largest absolute Gasteiger partial charge is 0.349 e. The van der Waals surface area contributed by atoms with E-state index in [2.05, 4.69) is 25.7 Å². The normalized spacial score (nSPS) is 15.7. The second kappa shape index (κ2) is 6.14. The highest BCUT2D eigenvalue weighted by atomic mass is 32.1. The number of aromatic nitrogens is 3. The number of benzene rings is 1. The van der Waals surface area contributed by atoms with E-state index < -0.39 is 0 Å². The number of carbonyl (C=O) groups is 1. The molecule has 126 valence electrons. The van der Waals surface area contributed by atoms with Crippen molar-refractivity contribution >= 4 is 40.2 Å². The van der Waals surface area contributed by atoms with Crippen LogP contribution >= 0.6 is 11.3 Å². The Labute approximate surface area is 148 Å². The maximum absolute atomic E-state index is 12.1. The van der Waals surface area contributed by atoms with Crippen LogP contribution in [0.5, 0.6) is 0 Å². The first-order valence-electron chi connectivity index (χ1n) is 7.77. The second-order valence-electron chi connectivity index (χ2n) is 5.77. The summed E-state index contributed by atoms with van der Waals surface area (Å²) in [7, 11) is 1.90. The van der Waals surface area contributed by atoms with Crippen LogP contribution in [-0.2, 0) is 18.4 Å². The van der Waals surface area contributed by atoms with Crippen LogP contribution in [0.1, 0.15) is 16.3 Å². The zero-order valence-corrected chi connectivity index (χ0v) is 14.6. The lowest BCUT2D eigenvalue weighted by Crippen LogP contribution is -2.35. The van der Waals surface area contributed by atoms with Crippen molar-refractivity contribution in [2.45, 2.75) is 13.5 Å². The molecule has 0 saturated carbocycles. The van der Waals surface area contributed by atoms with Gasteiger partial charge in [0.05, 0.1) is 18.3 Å². The van der Waals surface area contributed by atoms with Gasteiger partial charge in [0.25, 0.3) is 5.91 Å². The van der Waals surface area contributed by atoms with Gasteiger partial charge in [0.1, 0.15) is 10.7 Å². The van der Waals surface area contributed by atoms with E-state index in [1.54, 1.807) is 23.6 Å². The van der Waals surface area contributed by atoms with Gasteiger partial charge in [-0.2, -0.15) is 5.10 Å². The number of fused-ring (bicyclic) bond motifs is 1. The van der Waals surface area contributed by atoms with Crippen LogP contribution in [0, 0.1) is 6.92 Å². The third-order valence-electron chi connectivity index (χ3n) is 3.84. The Kier molecular flexibility index (Phi) is 3.81. The van der Waals surface area contributed by atoms with Gasteiger partial charge in [-0.15, -0.1) is 11.3 Å². The molecule has 0 fully saturated rings. The van der Waals surface area contributed by atoms with Gasteiger partial charge < -0.3 is 5.32 Å². The molecule has 0 spiro atoms. The molecular weight excluding hydrogens is 336 g/mol. The first-order valence-corrected chi connectivity index (χ1v) is 8.65. The van der Waals surface area contributed by atoms with E-state index in [1.165, 1.54) is 0 Å². The lowest BCUT2D eigenvalue weighted by molar-refractivity contribution is -0.115. The molecule has 2 aromatic heterocycles. The summed E-state index contributed by atoms with van der Waals surface area (Å²) in [5.74, 6) is 0.232. The van der Waals surface area contributed by atoms with E-state index in [1.807, 2.05) is 42.2 Å². The molecule has 1 aromatic carbocycles. The van der Waals surface area contributed by atoms with Crippen molar-refractivity contribution in [1.82, 2.24) is 25.4 Å². The molecule has 0 unspecified atom stereocenters. The molecule has 25 heavy (non-hydrogen) atoms.